The zero-order chi connectivity index (χ0) is 14.3. The molecule has 1 aromatic carbocycles. The SMILES string of the molecule is Cc1cccc(-n2nc(C)c3c2CCC(C(=O)O)C3)c1. The predicted octanol–water partition coefficient (Wildman–Crippen LogP) is 2.68. The highest BCUT2D eigenvalue weighted by atomic mass is 16.4. The highest BCUT2D eigenvalue weighted by Gasteiger charge is 2.29. The van der Waals surface area contributed by atoms with E-state index in [1.807, 2.05) is 23.7 Å². The van der Waals surface area contributed by atoms with Crippen molar-refractivity contribution in [2.24, 2.45) is 5.92 Å². The van der Waals surface area contributed by atoms with E-state index >= 15 is 0 Å². The molecule has 20 heavy (non-hydrogen) atoms. The van der Waals surface area contributed by atoms with Gasteiger partial charge in [0.1, 0.15) is 0 Å². The number of aliphatic carboxylic acids is 1. The van der Waals surface area contributed by atoms with Crippen LogP contribution in [0.25, 0.3) is 5.69 Å². The molecule has 2 aromatic rings. The molecule has 0 aliphatic heterocycles. The summed E-state index contributed by atoms with van der Waals surface area (Å²) >= 11 is 0. The van der Waals surface area contributed by atoms with Gasteiger partial charge in [-0.05, 0) is 56.4 Å². The first kappa shape index (κ1) is 12.9. The average molecular weight is 270 g/mol. The van der Waals surface area contributed by atoms with Gasteiger partial charge >= 0.3 is 5.97 Å². The van der Waals surface area contributed by atoms with Gasteiger partial charge in [-0.25, -0.2) is 4.68 Å². The Morgan fingerprint density at radius 1 is 1.40 bits per heavy atom. The molecule has 0 fully saturated rings. The monoisotopic (exact) mass is 270 g/mol. The Bertz CT molecular complexity index is 673. The molecule has 1 unspecified atom stereocenters. The normalized spacial score (nSPS) is 17.8. The molecule has 0 spiro atoms. The standard InChI is InChI=1S/C16H18N2O2/c1-10-4-3-5-13(8-10)18-15-7-6-12(16(19)20)9-14(15)11(2)17-18/h3-5,8,12H,6-7,9H2,1-2H3,(H,19,20). The maximum atomic E-state index is 11.2. The minimum absolute atomic E-state index is 0.267. The number of aryl methyl sites for hydroxylation is 2. The zero-order valence-corrected chi connectivity index (χ0v) is 11.8. The van der Waals surface area contributed by atoms with Crippen LogP contribution in [-0.2, 0) is 17.6 Å². The Hall–Kier alpha value is -2.10. The maximum absolute atomic E-state index is 11.2. The predicted molar refractivity (Wildman–Crippen MR) is 76.2 cm³/mol. The fourth-order valence-electron chi connectivity index (χ4n) is 2.97. The fourth-order valence-corrected chi connectivity index (χ4v) is 2.97. The molecule has 0 bridgehead atoms. The third-order valence-corrected chi connectivity index (χ3v) is 4.07. The number of aromatic nitrogens is 2. The lowest BCUT2D eigenvalue weighted by molar-refractivity contribution is -0.142. The molecule has 0 saturated carbocycles. The van der Waals surface area contributed by atoms with Crippen LogP contribution in [0, 0.1) is 19.8 Å². The van der Waals surface area contributed by atoms with Crippen LogP contribution in [0.3, 0.4) is 0 Å². The van der Waals surface area contributed by atoms with Crippen LogP contribution in [0.2, 0.25) is 0 Å². The van der Waals surface area contributed by atoms with Crippen molar-refractivity contribution >= 4 is 5.97 Å². The van der Waals surface area contributed by atoms with Crippen molar-refractivity contribution < 1.29 is 9.90 Å². The maximum Gasteiger partial charge on any atom is 0.306 e. The van der Waals surface area contributed by atoms with E-state index in [2.05, 4.69) is 24.2 Å². The number of carboxylic acid groups (broad SMARTS) is 1. The second-order valence-electron chi connectivity index (χ2n) is 5.54. The summed E-state index contributed by atoms with van der Waals surface area (Å²) in [4.78, 5) is 11.2. The van der Waals surface area contributed by atoms with E-state index in [1.54, 1.807) is 0 Å². The lowest BCUT2D eigenvalue weighted by Crippen LogP contribution is -2.23. The Labute approximate surface area is 118 Å². The van der Waals surface area contributed by atoms with Crippen LogP contribution in [-0.4, -0.2) is 20.9 Å². The van der Waals surface area contributed by atoms with Crippen LogP contribution in [0.4, 0.5) is 0 Å². The number of nitrogens with zero attached hydrogens (tertiary/aromatic N) is 2. The molecule has 1 N–H and O–H groups in total. The Morgan fingerprint density at radius 3 is 2.90 bits per heavy atom. The van der Waals surface area contributed by atoms with Crippen LogP contribution in [0.5, 0.6) is 0 Å². The molecule has 1 aromatic heterocycles. The van der Waals surface area contributed by atoms with Gasteiger partial charge in [-0.3, -0.25) is 4.79 Å². The third kappa shape index (κ3) is 2.11. The Kier molecular flexibility index (Phi) is 3.08. The number of carboxylic acids is 1. The van der Waals surface area contributed by atoms with Gasteiger partial charge in [-0.1, -0.05) is 12.1 Å². The van der Waals surface area contributed by atoms with Gasteiger partial charge in [-0.2, -0.15) is 5.10 Å². The second-order valence-corrected chi connectivity index (χ2v) is 5.54. The van der Waals surface area contributed by atoms with Crippen molar-refractivity contribution in [3.63, 3.8) is 0 Å². The molecule has 1 heterocycles. The van der Waals surface area contributed by atoms with E-state index in [4.69, 9.17) is 0 Å². The Morgan fingerprint density at radius 2 is 2.20 bits per heavy atom. The molecule has 4 nitrogen and oxygen atoms in total. The molecular formula is C16H18N2O2. The summed E-state index contributed by atoms with van der Waals surface area (Å²) < 4.78 is 1.98. The van der Waals surface area contributed by atoms with Crippen LogP contribution >= 0.6 is 0 Å². The van der Waals surface area contributed by atoms with Crippen molar-refractivity contribution in [1.29, 1.82) is 0 Å². The summed E-state index contributed by atoms with van der Waals surface area (Å²) in [6.07, 6.45) is 2.07. The van der Waals surface area contributed by atoms with Gasteiger partial charge in [-0.15, -0.1) is 0 Å². The van der Waals surface area contributed by atoms with Crippen LogP contribution in [0.15, 0.2) is 24.3 Å². The largest absolute Gasteiger partial charge is 0.481 e. The van der Waals surface area contributed by atoms with E-state index in [1.165, 1.54) is 11.3 Å². The summed E-state index contributed by atoms with van der Waals surface area (Å²) in [5.41, 5.74) is 5.50. The van der Waals surface area contributed by atoms with Crippen molar-refractivity contribution in [2.45, 2.75) is 33.1 Å². The lowest BCUT2D eigenvalue weighted by atomic mass is 9.86. The summed E-state index contributed by atoms with van der Waals surface area (Å²) in [5, 5.41) is 13.8. The van der Waals surface area contributed by atoms with Gasteiger partial charge in [0.15, 0.2) is 0 Å². The van der Waals surface area contributed by atoms with Gasteiger partial charge in [0.2, 0.25) is 0 Å². The van der Waals surface area contributed by atoms with Gasteiger partial charge < -0.3 is 5.11 Å². The molecule has 0 amide bonds. The first-order valence-electron chi connectivity index (χ1n) is 6.93. The molecular weight excluding hydrogens is 252 g/mol. The van der Waals surface area contributed by atoms with Crippen LogP contribution < -0.4 is 0 Å². The van der Waals surface area contributed by atoms with Crippen molar-refractivity contribution in [3.05, 3.63) is 46.8 Å². The van der Waals surface area contributed by atoms with E-state index in [0.29, 0.717) is 12.8 Å². The molecule has 104 valence electrons. The summed E-state index contributed by atoms with van der Waals surface area (Å²) in [6.45, 7) is 4.03. The third-order valence-electron chi connectivity index (χ3n) is 4.07. The molecule has 0 saturated heterocycles. The van der Waals surface area contributed by atoms with Crippen molar-refractivity contribution in [2.75, 3.05) is 0 Å². The molecule has 1 atom stereocenters. The summed E-state index contributed by atoms with van der Waals surface area (Å²) in [7, 11) is 0. The summed E-state index contributed by atoms with van der Waals surface area (Å²) in [5.74, 6) is -0.963. The smallest absolute Gasteiger partial charge is 0.306 e. The second kappa shape index (κ2) is 4.78. The molecule has 4 heteroatoms. The van der Waals surface area contributed by atoms with Crippen molar-refractivity contribution in [1.82, 2.24) is 9.78 Å². The highest BCUT2D eigenvalue weighted by molar-refractivity contribution is 5.71. The van der Waals surface area contributed by atoms with Gasteiger partial charge in [0.05, 0.1) is 17.3 Å². The minimum atomic E-state index is -0.696. The van der Waals surface area contributed by atoms with E-state index in [-0.39, 0.29) is 5.92 Å². The van der Waals surface area contributed by atoms with Gasteiger partial charge in [0.25, 0.3) is 0 Å². The Balaban J connectivity index is 2.04. The van der Waals surface area contributed by atoms with Gasteiger partial charge in [0, 0.05) is 5.69 Å². The molecule has 1 aliphatic carbocycles. The molecule has 1 aliphatic rings. The quantitative estimate of drug-likeness (QED) is 0.912. The number of rotatable bonds is 2. The summed E-state index contributed by atoms with van der Waals surface area (Å²) in [6, 6.07) is 8.24. The molecule has 0 radical (unpaired) electrons. The molecule has 3 rings (SSSR count). The first-order chi connectivity index (χ1) is 9.56. The number of hydrogen-bond acceptors (Lipinski definition) is 2. The zero-order valence-electron chi connectivity index (χ0n) is 11.8. The van der Waals surface area contributed by atoms with Crippen molar-refractivity contribution in [3.8, 4) is 5.69 Å². The van der Waals surface area contributed by atoms with E-state index < -0.39 is 5.97 Å². The topological polar surface area (TPSA) is 55.1 Å². The van der Waals surface area contributed by atoms with E-state index in [0.717, 1.165) is 23.4 Å². The number of benzene rings is 1. The fraction of sp³-hybridized carbons (Fsp3) is 0.375. The first-order valence-corrected chi connectivity index (χ1v) is 6.93. The number of carbonyl (C=O) groups is 1. The number of fused-ring (bicyclic) bond motifs is 1. The minimum Gasteiger partial charge on any atom is -0.481 e. The van der Waals surface area contributed by atoms with Crippen LogP contribution in [0.1, 0.15) is 28.9 Å². The average Bonchev–Trinajstić information content (AvgIpc) is 2.76. The highest BCUT2D eigenvalue weighted by Crippen LogP contribution is 2.30. The number of hydrogen-bond donors (Lipinski definition) is 1. The van der Waals surface area contributed by atoms with E-state index in [9.17, 15) is 9.90 Å². The lowest BCUT2D eigenvalue weighted by Gasteiger charge is -2.20.